The number of nitrogens with zero attached hydrogens (tertiary/aromatic N) is 2. The molecule has 2 N–H and O–H groups in total. The fraction of sp³-hybridized carbons (Fsp3) is 0.286. The number of benzene rings is 1. The molecule has 20 heavy (non-hydrogen) atoms. The number of nitrogens with one attached hydrogen (secondary N) is 2. The van der Waals surface area contributed by atoms with Crippen LogP contribution in [0.2, 0.25) is 0 Å². The Bertz CT molecular complexity index is 577. The standard InChI is InChI=1S/C14H17BrN4S/c1-10(2)17-14(20)18-13-7-16-19(9-13)8-11-3-5-12(15)6-4-11/h3-7,9-10H,8H2,1-2H3,(H2,17,18,20). The minimum Gasteiger partial charge on any atom is -0.360 e. The first-order valence-electron chi connectivity index (χ1n) is 6.37. The summed E-state index contributed by atoms with van der Waals surface area (Å²) in [5.41, 5.74) is 2.09. The molecule has 2 aromatic rings. The number of rotatable bonds is 4. The van der Waals surface area contributed by atoms with E-state index in [-0.39, 0.29) is 0 Å². The molecule has 0 unspecified atom stereocenters. The highest BCUT2D eigenvalue weighted by atomic mass is 79.9. The van der Waals surface area contributed by atoms with E-state index in [9.17, 15) is 0 Å². The maximum absolute atomic E-state index is 5.20. The third-order valence-corrected chi connectivity index (χ3v) is 3.32. The zero-order valence-corrected chi connectivity index (χ0v) is 13.8. The summed E-state index contributed by atoms with van der Waals surface area (Å²) in [4.78, 5) is 0. The van der Waals surface area contributed by atoms with E-state index in [1.54, 1.807) is 6.20 Å². The summed E-state index contributed by atoms with van der Waals surface area (Å²) in [6, 6.07) is 8.51. The first-order chi connectivity index (χ1) is 9.52. The van der Waals surface area contributed by atoms with Crippen molar-refractivity contribution in [2.75, 3.05) is 5.32 Å². The lowest BCUT2D eigenvalue weighted by molar-refractivity contribution is 0.687. The van der Waals surface area contributed by atoms with Crippen LogP contribution in [-0.4, -0.2) is 20.9 Å². The topological polar surface area (TPSA) is 41.9 Å². The number of hydrogen-bond donors (Lipinski definition) is 2. The number of hydrogen-bond acceptors (Lipinski definition) is 2. The van der Waals surface area contributed by atoms with E-state index in [0.717, 1.165) is 16.7 Å². The van der Waals surface area contributed by atoms with E-state index in [2.05, 4.69) is 43.8 Å². The molecule has 1 aromatic heterocycles. The minimum absolute atomic E-state index is 0.313. The number of aromatic nitrogens is 2. The Morgan fingerprint density at radius 1 is 1.35 bits per heavy atom. The molecular formula is C14H17BrN4S. The molecule has 0 aliphatic heterocycles. The first kappa shape index (κ1) is 15.0. The Morgan fingerprint density at radius 2 is 2.05 bits per heavy atom. The van der Waals surface area contributed by atoms with Gasteiger partial charge in [-0.3, -0.25) is 4.68 Å². The molecule has 0 saturated heterocycles. The van der Waals surface area contributed by atoms with E-state index in [1.165, 1.54) is 5.56 Å². The van der Waals surface area contributed by atoms with Crippen LogP contribution < -0.4 is 10.6 Å². The van der Waals surface area contributed by atoms with Crippen molar-refractivity contribution in [2.45, 2.75) is 26.4 Å². The van der Waals surface area contributed by atoms with Gasteiger partial charge in [0.25, 0.3) is 0 Å². The van der Waals surface area contributed by atoms with Crippen molar-refractivity contribution in [1.82, 2.24) is 15.1 Å². The molecule has 0 saturated carbocycles. The van der Waals surface area contributed by atoms with Crippen molar-refractivity contribution < 1.29 is 0 Å². The van der Waals surface area contributed by atoms with Gasteiger partial charge in [-0.25, -0.2) is 0 Å². The average molecular weight is 353 g/mol. The normalized spacial score (nSPS) is 10.6. The summed E-state index contributed by atoms with van der Waals surface area (Å²) >= 11 is 8.63. The van der Waals surface area contributed by atoms with Gasteiger partial charge in [0, 0.05) is 16.7 Å². The Labute approximate surface area is 132 Å². The lowest BCUT2D eigenvalue weighted by Gasteiger charge is -2.11. The Balaban J connectivity index is 1.95. The van der Waals surface area contributed by atoms with Gasteiger partial charge in [0.1, 0.15) is 0 Å². The maximum Gasteiger partial charge on any atom is 0.171 e. The smallest absolute Gasteiger partial charge is 0.171 e. The molecule has 4 nitrogen and oxygen atoms in total. The van der Waals surface area contributed by atoms with Crippen molar-refractivity contribution in [3.05, 3.63) is 46.7 Å². The monoisotopic (exact) mass is 352 g/mol. The van der Waals surface area contributed by atoms with E-state index in [0.29, 0.717) is 11.2 Å². The predicted molar refractivity (Wildman–Crippen MR) is 90.0 cm³/mol. The number of halogens is 1. The molecule has 0 radical (unpaired) electrons. The Hall–Kier alpha value is -1.40. The third-order valence-electron chi connectivity index (χ3n) is 2.57. The molecule has 0 amide bonds. The van der Waals surface area contributed by atoms with Crippen LogP contribution in [0.4, 0.5) is 5.69 Å². The molecule has 1 aromatic carbocycles. The SMILES string of the molecule is CC(C)NC(=S)Nc1cnn(Cc2ccc(Br)cc2)c1. The summed E-state index contributed by atoms with van der Waals surface area (Å²) < 4.78 is 2.96. The van der Waals surface area contributed by atoms with Crippen LogP contribution in [0.25, 0.3) is 0 Å². The van der Waals surface area contributed by atoms with E-state index >= 15 is 0 Å². The van der Waals surface area contributed by atoms with Gasteiger partial charge in [0.2, 0.25) is 0 Å². The maximum atomic E-state index is 5.20. The van der Waals surface area contributed by atoms with Gasteiger partial charge in [-0.15, -0.1) is 0 Å². The lowest BCUT2D eigenvalue weighted by atomic mass is 10.2. The molecule has 0 bridgehead atoms. The molecule has 0 spiro atoms. The van der Waals surface area contributed by atoms with E-state index in [4.69, 9.17) is 12.2 Å². The lowest BCUT2D eigenvalue weighted by Crippen LogP contribution is -2.33. The van der Waals surface area contributed by atoms with Crippen LogP contribution in [-0.2, 0) is 6.54 Å². The van der Waals surface area contributed by atoms with Gasteiger partial charge >= 0.3 is 0 Å². The van der Waals surface area contributed by atoms with E-state index < -0.39 is 0 Å². The van der Waals surface area contributed by atoms with Crippen molar-refractivity contribution >= 4 is 38.9 Å². The van der Waals surface area contributed by atoms with Crippen molar-refractivity contribution in [1.29, 1.82) is 0 Å². The van der Waals surface area contributed by atoms with E-state index in [1.807, 2.05) is 36.9 Å². The quantitative estimate of drug-likeness (QED) is 0.827. The fourth-order valence-electron chi connectivity index (χ4n) is 1.72. The van der Waals surface area contributed by atoms with Gasteiger partial charge in [-0.2, -0.15) is 5.10 Å². The van der Waals surface area contributed by atoms with Crippen LogP contribution in [0.3, 0.4) is 0 Å². The zero-order chi connectivity index (χ0) is 14.5. The molecule has 6 heteroatoms. The van der Waals surface area contributed by atoms with Gasteiger partial charge in [0.15, 0.2) is 5.11 Å². The zero-order valence-electron chi connectivity index (χ0n) is 11.4. The van der Waals surface area contributed by atoms with Gasteiger partial charge in [-0.1, -0.05) is 28.1 Å². The van der Waals surface area contributed by atoms with Crippen LogP contribution in [0.15, 0.2) is 41.1 Å². The second-order valence-electron chi connectivity index (χ2n) is 4.81. The second-order valence-corrected chi connectivity index (χ2v) is 6.13. The average Bonchev–Trinajstić information content (AvgIpc) is 2.78. The predicted octanol–water partition coefficient (Wildman–Crippen LogP) is 3.39. The summed E-state index contributed by atoms with van der Waals surface area (Å²) in [6.07, 6.45) is 3.71. The first-order valence-corrected chi connectivity index (χ1v) is 7.57. The van der Waals surface area contributed by atoms with Crippen molar-refractivity contribution in [3.8, 4) is 0 Å². The van der Waals surface area contributed by atoms with Crippen molar-refractivity contribution in [2.24, 2.45) is 0 Å². The summed E-state index contributed by atoms with van der Waals surface area (Å²) in [6.45, 7) is 4.83. The number of anilines is 1. The second kappa shape index (κ2) is 6.85. The van der Waals surface area contributed by atoms with Gasteiger partial charge < -0.3 is 10.6 Å². The summed E-state index contributed by atoms with van der Waals surface area (Å²) in [5.74, 6) is 0. The van der Waals surface area contributed by atoms with Crippen molar-refractivity contribution in [3.63, 3.8) is 0 Å². The molecule has 0 aliphatic carbocycles. The highest BCUT2D eigenvalue weighted by molar-refractivity contribution is 9.10. The minimum atomic E-state index is 0.313. The van der Waals surface area contributed by atoms with Crippen LogP contribution >= 0.6 is 28.1 Å². The molecule has 0 atom stereocenters. The largest absolute Gasteiger partial charge is 0.360 e. The Morgan fingerprint density at radius 3 is 2.70 bits per heavy atom. The molecule has 0 aliphatic rings. The van der Waals surface area contributed by atoms with Gasteiger partial charge in [-0.05, 0) is 43.8 Å². The molecular weight excluding hydrogens is 336 g/mol. The molecule has 1 heterocycles. The Kier molecular flexibility index (Phi) is 5.14. The number of thiocarbonyl (C=S) groups is 1. The molecule has 2 rings (SSSR count). The van der Waals surface area contributed by atoms with Crippen LogP contribution in [0, 0.1) is 0 Å². The van der Waals surface area contributed by atoms with Crippen LogP contribution in [0.5, 0.6) is 0 Å². The highest BCUT2D eigenvalue weighted by Gasteiger charge is 2.03. The fourth-order valence-corrected chi connectivity index (χ4v) is 2.34. The molecule has 0 fully saturated rings. The van der Waals surface area contributed by atoms with Crippen LogP contribution in [0.1, 0.15) is 19.4 Å². The highest BCUT2D eigenvalue weighted by Crippen LogP contribution is 2.12. The van der Waals surface area contributed by atoms with Gasteiger partial charge in [0.05, 0.1) is 18.4 Å². The molecule has 106 valence electrons. The third kappa shape index (κ3) is 4.61. The summed E-state index contributed by atoms with van der Waals surface area (Å²) in [7, 11) is 0. The summed E-state index contributed by atoms with van der Waals surface area (Å²) in [5, 5.41) is 11.2.